The van der Waals surface area contributed by atoms with Crippen molar-refractivity contribution in [2.45, 2.75) is 76.7 Å². The van der Waals surface area contributed by atoms with Gasteiger partial charge in [-0.25, -0.2) is 14.6 Å². The Morgan fingerprint density at radius 2 is 1.53 bits per heavy atom. The molecular formula is C45H50N5O6PS. The third-order valence-electron chi connectivity index (χ3n) is 10.3. The molecule has 0 radical (unpaired) electrons. The van der Waals surface area contributed by atoms with Gasteiger partial charge in [0, 0.05) is 53.4 Å². The highest BCUT2D eigenvalue weighted by Crippen LogP contribution is 2.51. The first kappa shape index (κ1) is 41.5. The van der Waals surface area contributed by atoms with Gasteiger partial charge in [-0.15, -0.1) is 11.3 Å². The third-order valence-corrected chi connectivity index (χ3v) is 13.3. The summed E-state index contributed by atoms with van der Waals surface area (Å²) in [5.74, 6) is 1.48. The van der Waals surface area contributed by atoms with Gasteiger partial charge >= 0.3 is 0 Å². The Morgan fingerprint density at radius 1 is 0.879 bits per heavy atom. The molecule has 0 saturated carbocycles. The number of fused-ring (bicyclic) bond motifs is 1. The molecular weight excluding hydrogens is 770 g/mol. The molecule has 1 aliphatic rings. The normalized spacial score (nSPS) is 17.6. The summed E-state index contributed by atoms with van der Waals surface area (Å²) >= 11 is 1.60. The van der Waals surface area contributed by atoms with Crippen molar-refractivity contribution in [1.29, 1.82) is 5.26 Å². The summed E-state index contributed by atoms with van der Waals surface area (Å²) < 4.78 is 43.5. The summed E-state index contributed by atoms with van der Waals surface area (Å²) in [6.45, 7) is 8.96. The van der Waals surface area contributed by atoms with Gasteiger partial charge in [0.2, 0.25) is 0 Å². The Kier molecular flexibility index (Phi) is 13.5. The number of methoxy groups -OCH3 is 2. The van der Waals surface area contributed by atoms with Crippen LogP contribution in [0.2, 0.25) is 0 Å². The largest absolute Gasteiger partial charge is 0.497 e. The third kappa shape index (κ3) is 8.68. The summed E-state index contributed by atoms with van der Waals surface area (Å²) in [6, 6.07) is 32.8. The molecule has 3 aromatic carbocycles. The van der Waals surface area contributed by atoms with Crippen LogP contribution in [0.1, 0.15) is 63.5 Å². The summed E-state index contributed by atoms with van der Waals surface area (Å²) in [4.78, 5) is 9.41. The fourth-order valence-corrected chi connectivity index (χ4v) is 10.1. The maximum atomic E-state index is 9.42. The first-order valence-electron chi connectivity index (χ1n) is 19.5. The topological polar surface area (TPSA) is 113 Å². The fourth-order valence-electron chi connectivity index (χ4n) is 7.66. The van der Waals surface area contributed by atoms with E-state index in [2.05, 4.69) is 66.2 Å². The second-order valence-electron chi connectivity index (χ2n) is 14.5. The molecule has 1 unspecified atom stereocenters. The lowest BCUT2D eigenvalue weighted by Gasteiger charge is -2.39. The van der Waals surface area contributed by atoms with Crippen molar-refractivity contribution in [3.8, 4) is 28.1 Å². The summed E-state index contributed by atoms with van der Waals surface area (Å²) in [6.07, 6.45) is 5.03. The molecule has 0 aliphatic carbocycles. The van der Waals surface area contributed by atoms with Crippen molar-refractivity contribution in [2.24, 2.45) is 0 Å². The zero-order valence-electron chi connectivity index (χ0n) is 33.7. The van der Waals surface area contributed by atoms with E-state index in [1.54, 1.807) is 25.6 Å². The molecule has 4 atom stereocenters. The molecule has 1 fully saturated rings. The molecule has 6 aromatic rings. The first-order valence-corrected chi connectivity index (χ1v) is 21.5. The van der Waals surface area contributed by atoms with Gasteiger partial charge in [0.05, 0.1) is 46.0 Å². The van der Waals surface area contributed by atoms with E-state index in [1.807, 2.05) is 96.8 Å². The quantitative estimate of drug-likeness (QED) is 0.0472. The maximum Gasteiger partial charge on any atom is 0.259 e. The van der Waals surface area contributed by atoms with Gasteiger partial charge < -0.3 is 32.6 Å². The number of aromatic nitrogens is 3. The number of rotatable bonds is 18. The molecule has 302 valence electrons. The van der Waals surface area contributed by atoms with Crippen LogP contribution < -0.4 is 9.47 Å². The van der Waals surface area contributed by atoms with Crippen LogP contribution in [0.5, 0.6) is 11.5 Å². The van der Waals surface area contributed by atoms with Crippen LogP contribution >= 0.6 is 19.9 Å². The molecule has 0 bridgehead atoms. The van der Waals surface area contributed by atoms with Gasteiger partial charge in [0.25, 0.3) is 8.53 Å². The van der Waals surface area contributed by atoms with E-state index in [-0.39, 0.29) is 31.7 Å². The van der Waals surface area contributed by atoms with Crippen LogP contribution in [-0.4, -0.2) is 70.9 Å². The number of nitrogens with zero attached hydrogens (tertiary/aromatic N) is 5. The summed E-state index contributed by atoms with van der Waals surface area (Å²) in [7, 11) is 1.74. The average molecular weight is 820 g/mol. The molecule has 0 N–H and O–H groups in total. The minimum Gasteiger partial charge on any atom is -0.497 e. The van der Waals surface area contributed by atoms with Crippen molar-refractivity contribution in [2.75, 3.05) is 27.4 Å². The van der Waals surface area contributed by atoms with Gasteiger partial charge in [-0.1, -0.05) is 54.6 Å². The molecule has 1 saturated heterocycles. The first-order chi connectivity index (χ1) is 28.3. The van der Waals surface area contributed by atoms with Crippen LogP contribution in [-0.2, 0) is 24.1 Å². The van der Waals surface area contributed by atoms with Crippen molar-refractivity contribution in [1.82, 2.24) is 19.2 Å². The van der Waals surface area contributed by atoms with E-state index < -0.39 is 32.6 Å². The number of nitriles is 1. The maximum absolute atomic E-state index is 9.42. The Hall–Kier alpha value is -4.70. The number of benzene rings is 3. The highest BCUT2D eigenvalue weighted by Gasteiger charge is 2.45. The van der Waals surface area contributed by atoms with E-state index in [4.69, 9.17) is 33.0 Å². The highest BCUT2D eigenvalue weighted by molar-refractivity contribution is 7.44. The Labute approximate surface area is 346 Å². The zero-order chi connectivity index (χ0) is 40.6. The molecule has 58 heavy (non-hydrogen) atoms. The number of pyridine rings is 1. The average Bonchev–Trinajstić information content (AvgIpc) is 4.03. The van der Waals surface area contributed by atoms with Crippen molar-refractivity contribution in [3.05, 3.63) is 132 Å². The van der Waals surface area contributed by atoms with Gasteiger partial charge in [-0.2, -0.15) is 5.26 Å². The van der Waals surface area contributed by atoms with Crippen LogP contribution in [0, 0.1) is 11.3 Å². The molecule has 3 aromatic heterocycles. The number of hydrogen-bond donors (Lipinski definition) is 0. The van der Waals surface area contributed by atoms with E-state index in [1.165, 1.54) is 0 Å². The Morgan fingerprint density at radius 3 is 2.12 bits per heavy atom. The highest BCUT2D eigenvalue weighted by atomic mass is 32.1. The van der Waals surface area contributed by atoms with Crippen LogP contribution in [0.3, 0.4) is 0 Å². The molecule has 4 heterocycles. The molecule has 1 aliphatic heterocycles. The number of hydrogen-bond acceptors (Lipinski definition) is 11. The smallest absolute Gasteiger partial charge is 0.259 e. The zero-order valence-corrected chi connectivity index (χ0v) is 35.4. The van der Waals surface area contributed by atoms with Crippen molar-refractivity contribution < 1.29 is 28.0 Å². The van der Waals surface area contributed by atoms with Crippen LogP contribution in [0.4, 0.5) is 0 Å². The lowest BCUT2D eigenvalue weighted by atomic mass is 9.80. The van der Waals surface area contributed by atoms with Gasteiger partial charge in [-0.3, -0.25) is 0 Å². The van der Waals surface area contributed by atoms with E-state index >= 15 is 0 Å². The van der Waals surface area contributed by atoms with Gasteiger partial charge in [0.1, 0.15) is 40.1 Å². The summed E-state index contributed by atoms with van der Waals surface area (Å²) in [5.41, 5.74) is 3.54. The second-order valence-corrected chi connectivity index (χ2v) is 16.8. The van der Waals surface area contributed by atoms with E-state index in [9.17, 15) is 5.26 Å². The molecule has 11 nitrogen and oxygen atoms in total. The van der Waals surface area contributed by atoms with Gasteiger partial charge in [0.15, 0.2) is 0 Å². The molecule has 13 heteroatoms. The standard InChI is InChI=1S/C45H50N5O6PS/c1-31(2)50(32(3)4)57(54-27-10-23-46)56-40-29-42(49-26-22-38-39(21-24-47-43(38)49)44-48-25-28-58-44)55-41(40)30-53-45(33-11-8-7-9-12-33,34-13-17-36(51-5)18-14-34)35-15-19-37(52-6)20-16-35/h7-9,11-22,24-26,28,31-32,40-42H,10,27,29-30H2,1-6H3/t40-,41+,42+,57?/m0/s1. The SMILES string of the molecule is COc1ccc(C(OC[C@H]2O[C@@H](n3ccc4c(-c5nccs5)ccnc43)C[C@@H]2OP(OCCC#N)N(C(C)C)C(C)C)(c2ccccc2)c2ccc(OC)cc2)cc1. The molecule has 0 spiro atoms. The van der Waals surface area contributed by atoms with Crippen LogP contribution in [0.15, 0.2) is 115 Å². The van der Waals surface area contributed by atoms with E-state index in [0.717, 1.165) is 49.8 Å². The van der Waals surface area contributed by atoms with Gasteiger partial charge in [-0.05, 0) is 80.8 Å². The number of thiazole rings is 1. The lowest BCUT2D eigenvalue weighted by Crippen LogP contribution is -2.39. The Balaban J connectivity index is 1.30. The second kappa shape index (κ2) is 18.9. The minimum atomic E-state index is -1.59. The molecule has 7 rings (SSSR count). The predicted octanol–water partition coefficient (Wildman–Crippen LogP) is 10.1. The van der Waals surface area contributed by atoms with E-state index in [0.29, 0.717) is 6.42 Å². The molecule has 0 amide bonds. The predicted molar refractivity (Wildman–Crippen MR) is 228 cm³/mol. The van der Waals surface area contributed by atoms with Crippen molar-refractivity contribution >= 4 is 30.9 Å². The number of ether oxygens (including phenoxy) is 4. The monoisotopic (exact) mass is 819 g/mol. The fraction of sp³-hybridized carbons (Fsp3) is 0.356. The summed E-state index contributed by atoms with van der Waals surface area (Å²) in [5, 5.41) is 13.3. The van der Waals surface area contributed by atoms with Crippen molar-refractivity contribution in [3.63, 3.8) is 0 Å². The Bertz CT molecular complexity index is 2190. The minimum absolute atomic E-state index is 0.124. The lowest BCUT2D eigenvalue weighted by molar-refractivity contribution is -0.0911. The van der Waals surface area contributed by atoms with Crippen LogP contribution in [0.25, 0.3) is 21.6 Å².